The topological polar surface area (TPSA) is 96.4 Å². The summed E-state index contributed by atoms with van der Waals surface area (Å²) in [5, 5.41) is 8.86. The molecule has 1 saturated heterocycles. The maximum absolute atomic E-state index is 12.9. The average Bonchev–Trinajstić information content (AvgIpc) is 2.85. The Hall–Kier alpha value is -1.84. The smallest absolute Gasteiger partial charge is 0.317 e. The second-order valence-electron chi connectivity index (χ2n) is 5.42. The first-order valence-electron chi connectivity index (χ1n) is 7.31. The summed E-state index contributed by atoms with van der Waals surface area (Å²) in [6, 6.07) is 4.79. The van der Waals surface area contributed by atoms with E-state index in [1.54, 1.807) is 17.0 Å². The van der Waals surface area contributed by atoms with Crippen LogP contribution in [0, 0.1) is 0 Å². The first-order valence-corrected chi connectivity index (χ1v) is 8.75. The Morgan fingerprint density at radius 2 is 2.00 bits per heavy atom. The van der Waals surface area contributed by atoms with Crippen molar-refractivity contribution >= 4 is 16.0 Å². The molecule has 0 atom stereocenters. The number of nitrogens with zero attached hydrogens (tertiary/aromatic N) is 2. The molecule has 0 unspecified atom stereocenters. The minimum atomic E-state index is -3.71. The molecule has 0 bridgehead atoms. The predicted octanol–water partition coefficient (Wildman–Crippen LogP) is 0.196. The van der Waals surface area contributed by atoms with E-state index in [0.717, 1.165) is 0 Å². The van der Waals surface area contributed by atoms with Crippen LogP contribution in [-0.2, 0) is 14.8 Å². The van der Waals surface area contributed by atoms with Crippen LogP contribution in [0.3, 0.4) is 0 Å². The molecule has 1 fully saturated rings. The molecule has 8 nitrogen and oxygen atoms in total. The summed E-state index contributed by atoms with van der Waals surface area (Å²) < 4.78 is 37.7. The maximum Gasteiger partial charge on any atom is 0.317 e. The van der Waals surface area contributed by atoms with Gasteiger partial charge in [-0.25, -0.2) is 8.42 Å². The third kappa shape index (κ3) is 3.26. The minimum Gasteiger partial charge on any atom is -0.480 e. The highest BCUT2D eigenvalue weighted by Crippen LogP contribution is 2.39. The molecular weight excluding hydrogens is 324 g/mol. The number of fused-ring (bicyclic) bond motifs is 1. The summed E-state index contributed by atoms with van der Waals surface area (Å²) in [7, 11) is -3.71. The van der Waals surface area contributed by atoms with Crippen molar-refractivity contribution < 1.29 is 27.8 Å². The maximum atomic E-state index is 12.9. The molecule has 1 N–H and O–H groups in total. The number of carboxylic acid groups (broad SMARTS) is 1. The van der Waals surface area contributed by atoms with E-state index >= 15 is 0 Å². The number of sulfonamides is 1. The predicted molar refractivity (Wildman–Crippen MR) is 80.0 cm³/mol. The molecular formula is C14H18N2O6S. The van der Waals surface area contributed by atoms with Gasteiger partial charge in [-0.3, -0.25) is 9.69 Å². The van der Waals surface area contributed by atoms with Crippen LogP contribution < -0.4 is 9.47 Å². The summed E-state index contributed by atoms with van der Waals surface area (Å²) in [5.41, 5.74) is 0. The summed E-state index contributed by atoms with van der Waals surface area (Å²) in [4.78, 5) is 12.6. The van der Waals surface area contributed by atoms with Crippen LogP contribution in [-0.4, -0.2) is 68.2 Å². The highest BCUT2D eigenvalue weighted by molar-refractivity contribution is 7.89. The SMILES string of the molecule is O=C(O)CN1CCCN(S(=O)(=O)c2cccc3c2OCO3)CC1. The lowest BCUT2D eigenvalue weighted by molar-refractivity contribution is -0.138. The lowest BCUT2D eigenvalue weighted by Crippen LogP contribution is -2.36. The van der Waals surface area contributed by atoms with Gasteiger partial charge in [-0.1, -0.05) is 6.07 Å². The Kier molecular flexibility index (Phi) is 4.42. The highest BCUT2D eigenvalue weighted by Gasteiger charge is 2.32. The van der Waals surface area contributed by atoms with Crippen LogP contribution in [0.2, 0.25) is 0 Å². The number of ether oxygens (including phenoxy) is 2. The number of rotatable bonds is 4. The molecule has 1 aromatic rings. The third-order valence-corrected chi connectivity index (χ3v) is 5.81. The first-order chi connectivity index (χ1) is 11.0. The zero-order valence-corrected chi connectivity index (χ0v) is 13.3. The van der Waals surface area contributed by atoms with Crippen LogP contribution in [0.5, 0.6) is 11.5 Å². The fourth-order valence-corrected chi connectivity index (χ4v) is 4.40. The van der Waals surface area contributed by atoms with Gasteiger partial charge >= 0.3 is 5.97 Å². The minimum absolute atomic E-state index is 0.00819. The van der Waals surface area contributed by atoms with Crippen molar-refractivity contribution in [2.45, 2.75) is 11.3 Å². The number of hydrogen-bond donors (Lipinski definition) is 1. The van der Waals surface area contributed by atoms with Crippen molar-refractivity contribution in [2.75, 3.05) is 39.5 Å². The number of hydrogen-bond acceptors (Lipinski definition) is 6. The van der Waals surface area contributed by atoms with Crippen molar-refractivity contribution in [3.63, 3.8) is 0 Å². The van der Waals surface area contributed by atoms with Gasteiger partial charge in [0.1, 0.15) is 4.90 Å². The molecule has 23 heavy (non-hydrogen) atoms. The molecule has 2 aliphatic rings. The highest BCUT2D eigenvalue weighted by atomic mass is 32.2. The van der Waals surface area contributed by atoms with E-state index in [2.05, 4.69) is 0 Å². The van der Waals surface area contributed by atoms with Crippen LogP contribution in [0.4, 0.5) is 0 Å². The number of aliphatic carboxylic acids is 1. The molecule has 2 aliphatic heterocycles. The molecule has 0 amide bonds. The van der Waals surface area contributed by atoms with Gasteiger partial charge in [0.15, 0.2) is 11.5 Å². The molecule has 0 radical (unpaired) electrons. The third-order valence-electron chi connectivity index (χ3n) is 3.88. The molecule has 3 rings (SSSR count). The molecule has 1 aromatic carbocycles. The van der Waals surface area contributed by atoms with Crippen molar-refractivity contribution in [1.82, 2.24) is 9.21 Å². The van der Waals surface area contributed by atoms with Gasteiger partial charge < -0.3 is 14.6 Å². The van der Waals surface area contributed by atoms with Crippen molar-refractivity contribution in [3.05, 3.63) is 18.2 Å². The van der Waals surface area contributed by atoms with Gasteiger partial charge in [-0.05, 0) is 18.6 Å². The fraction of sp³-hybridized carbons (Fsp3) is 0.500. The molecule has 0 saturated carbocycles. The van der Waals surface area contributed by atoms with Gasteiger partial charge in [0.25, 0.3) is 0 Å². The van der Waals surface area contributed by atoms with Crippen LogP contribution in [0.1, 0.15) is 6.42 Å². The fourth-order valence-electron chi connectivity index (χ4n) is 2.78. The molecule has 126 valence electrons. The van der Waals surface area contributed by atoms with Gasteiger partial charge in [0.05, 0.1) is 6.54 Å². The summed E-state index contributed by atoms with van der Waals surface area (Å²) in [6.45, 7) is 1.48. The van der Waals surface area contributed by atoms with E-state index in [1.165, 1.54) is 10.4 Å². The number of para-hydroxylation sites is 1. The van der Waals surface area contributed by atoms with Crippen LogP contribution in [0.25, 0.3) is 0 Å². The van der Waals surface area contributed by atoms with Crippen molar-refractivity contribution in [3.8, 4) is 11.5 Å². The molecule has 0 aromatic heterocycles. The standard InChI is InChI=1S/C14H18N2O6S/c17-13(18)9-15-5-2-6-16(8-7-15)23(19,20)12-4-1-3-11-14(12)22-10-21-11/h1,3-4H,2,5-10H2,(H,17,18). The quantitative estimate of drug-likeness (QED) is 0.835. The molecule has 2 heterocycles. The second kappa shape index (κ2) is 6.34. The van der Waals surface area contributed by atoms with Crippen LogP contribution >= 0.6 is 0 Å². The monoisotopic (exact) mass is 342 g/mol. The molecule has 0 aliphatic carbocycles. The van der Waals surface area contributed by atoms with E-state index in [9.17, 15) is 13.2 Å². The zero-order chi connectivity index (χ0) is 16.4. The number of benzene rings is 1. The van der Waals surface area contributed by atoms with Crippen molar-refractivity contribution in [1.29, 1.82) is 0 Å². The van der Waals surface area contributed by atoms with Gasteiger partial charge in [-0.2, -0.15) is 4.31 Å². The average molecular weight is 342 g/mol. The second-order valence-corrected chi connectivity index (χ2v) is 7.32. The molecule has 0 spiro atoms. The van der Waals surface area contributed by atoms with E-state index in [-0.39, 0.29) is 30.5 Å². The molecule has 9 heteroatoms. The normalized spacial score (nSPS) is 19.5. The zero-order valence-electron chi connectivity index (χ0n) is 12.5. The largest absolute Gasteiger partial charge is 0.480 e. The Balaban J connectivity index is 1.81. The Morgan fingerprint density at radius 1 is 1.17 bits per heavy atom. The van der Waals surface area contributed by atoms with E-state index in [4.69, 9.17) is 14.6 Å². The number of carboxylic acids is 1. The Bertz CT molecular complexity index is 705. The van der Waals surface area contributed by atoms with E-state index in [0.29, 0.717) is 31.8 Å². The summed E-state index contributed by atoms with van der Waals surface area (Å²) in [5.74, 6) is -0.236. The van der Waals surface area contributed by atoms with E-state index in [1.807, 2.05) is 0 Å². The number of carbonyl (C=O) groups is 1. The van der Waals surface area contributed by atoms with E-state index < -0.39 is 16.0 Å². The summed E-state index contributed by atoms with van der Waals surface area (Å²) in [6.07, 6.45) is 0.582. The first kappa shape index (κ1) is 16.0. The lowest BCUT2D eigenvalue weighted by atomic mass is 10.3. The van der Waals surface area contributed by atoms with Gasteiger partial charge in [0, 0.05) is 26.2 Å². The summed E-state index contributed by atoms with van der Waals surface area (Å²) >= 11 is 0. The van der Waals surface area contributed by atoms with Gasteiger partial charge in [-0.15, -0.1) is 0 Å². The Morgan fingerprint density at radius 3 is 2.78 bits per heavy atom. The van der Waals surface area contributed by atoms with Gasteiger partial charge in [0.2, 0.25) is 16.8 Å². The van der Waals surface area contributed by atoms with Crippen LogP contribution in [0.15, 0.2) is 23.1 Å². The Labute approximate surface area is 134 Å². The lowest BCUT2D eigenvalue weighted by Gasteiger charge is -2.21. The van der Waals surface area contributed by atoms with Crippen molar-refractivity contribution in [2.24, 2.45) is 0 Å².